The predicted octanol–water partition coefficient (Wildman–Crippen LogP) is 3.87. The maximum atomic E-state index is 13.5. The number of anilines is 2. The molecule has 17 heavy (non-hydrogen) atoms. The molecule has 0 saturated carbocycles. The van der Waals surface area contributed by atoms with Crippen molar-refractivity contribution in [3.8, 4) is 0 Å². The van der Waals surface area contributed by atoms with Crippen LogP contribution >= 0.6 is 0 Å². The van der Waals surface area contributed by atoms with Crippen molar-refractivity contribution in [3.05, 3.63) is 59.9 Å². The highest BCUT2D eigenvalue weighted by atomic mass is 19.1. The van der Waals surface area contributed by atoms with Gasteiger partial charge in [-0.2, -0.15) is 0 Å². The first-order valence-corrected chi connectivity index (χ1v) is 5.02. The molecule has 2 aromatic rings. The fourth-order valence-corrected chi connectivity index (χ4v) is 1.56. The van der Waals surface area contributed by atoms with Crippen molar-refractivity contribution in [1.82, 2.24) is 0 Å². The number of benzene rings is 2. The summed E-state index contributed by atoms with van der Waals surface area (Å²) >= 11 is 0. The van der Waals surface area contributed by atoms with Gasteiger partial charge < -0.3 is 4.90 Å². The maximum Gasteiger partial charge on any atom is 0.149 e. The van der Waals surface area contributed by atoms with E-state index in [0.29, 0.717) is 5.69 Å². The molecular weight excluding hydrogens is 227 g/mol. The van der Waals surface area contributed by atoms with Crippen molar-refractivity contribution in [2.24, 2.45) is 0 Å². The van der Waals surface area contributed by atoms with E-state index in [2.05, 4.69) is 0 Å². The van der Waals surface area contributed by atoms with Gasteiger partial charge in [0.05, 0.1) is 5.69 Å². The topological polar surface area (TPSA) is 3.24 Å². The molecule has 2 aromatic carbocycles. The SMILES string of the molecule is CN(c1ccc(F)cc1)c1ccc(F)cc1F. The molecule has 0 N–H and O–H groups in total. The highest BCUT2D eigenvalue weighted by Crippen LogP contribution is 2.26. The fraction of sp³-hybridized carbons (Fsp3) is 0.0769. The van der Waals surface area contributed by atoms with Gasteiger partial charge in [0.15, 0.2) is 0 Å². The second kappa shape index (κ2) is 4.49. The highest BCUT2D eigenvalue weighted by Gasteiger charge is 2.10. The van der Waals surface area contributed by atoms with Crippen LogP contribution in [0, 0.1) is 17.5 Å². The first-order chi connectivity index (χ1) is 8.08. The minimum Gasteiger partial charge on any atom is -0.342 e. The summed E-state index contributed by atoms with van der Waals surface area (Å²) in [6.45, 7) is 0. The van der Waals surface area contributed by atoms with E-state index in [0.717, 1.165) is 6.07 Å². The van der Waals surface area contributed by atoms with Crippen LogP contribution < -0.4 is 4.90 Å². The van der Waals surface area contributed by atoms with E-state index in [1.54, 1.807) is 7.05 Å². The molecule has 0 bridgehead atoms. The summed E-state index contributed by atoms with van der Waals surface area (Å²) in [7, 11) is 1.63. The number of nitrogens with zero attached hydrogens (tertiary/aromatic N) is 1. The zero-order chi connectivity index (χ0) is 12.4. The zero-order valence-corrected chi connectivity index (χ0v) is 9.12. The van der Waals surface area contributed by atoms with Crippen LogP contribution in [0.2, 0.25) is 0 Å². The molecule has 0 aliphatic rings. The van der Waals surface area contributed by atoms with E-state index in [4.69, 9.17) is 0 Å². The Morgan fingerprint density at radius 2 is 1.41 bits per heavy atom. The smallest absolute Gasteiger partial charge is 0.149 e. The normalized spacial score (nSPS) is 10.4. The quantitative estimate of drug-likeness (QED) is 0.766. The second-order valence-corrected chi connectivity index (χ2v) is 3.63. The molecule has 0 aromatic heterocycles. The van der Waals surface area contributed by atoms with Crippen LogP contribution in [0.5, 0.6) is 0 Å². The van der Waals surface area contributed by atoms with E-state index in [1.165, 1.54) is 41.3 Å². The minimum atomic E-state index is -0.656. The van der Waals surface area contributed by atoms with Crippen LogP contribution in [-0.4, -0.2) is 7.05 Å². The zero-order valence-electron chi connectivity index (χ0n) is 9.12. The first kappa shape index (κ1) is 11.5. The molecule has 0 fully saturated rings. The van der Waals surface area contributed by atoms with Crippen LogP contribution in [0.25, 0.3) is 0 Å². The van der Waals surface area contributed by atoms with Crippen LogP contribution in [0.3, 0.4) is 0 Å². The van der Waals surface area contributed by atoms with Crippen molar-refractivity contribution < 1.29 is 13.2 Å². The van der Waals surface area contributed by atoms with Gasteiger partial charge in [-0.15, -0.1) is 0 Å². The van der Waals surface area contributed by atoms with Gasteiger partial charge in [-0.25, -0.2) is 13.2 Å². The molecule has 0 heterocycles. The molecule has 0 unspecified atom stereocenters. The largest absolute Gasteiger partial charge is 0.342 e. The molecule has 88 valence electrons. The van der Waals surface area contributed by atoms with Crippen LogP contribution in [0.1, 0.15) is 0 Å². The van der Waals surface area contributed by atoms with E-state index in [1.807, 2.05) is 0 Å². The van der Waals surface area contributed by atoms with Crippen molar-refractivity contribution in [2.75, 3.05) is 11.9 Å². The summed E-state index contributed by atoms with van der Waals surface area (Å²) < 4.78 is 39.0. The number of halogens is 3. The van der Waals surface area contributed by atoms with E-state index >= 15 is 0 Å². The standard InChI is InChI=1S/C13H10F3N/c1-17(11-5-2-9(14)3-6-11)13-7-4-10(15)8-12(13)16/h2-8H,1H3. The highest BCUT2D eigenvalue weighted by molar-refractivity contribution is 5.62. The molecule has 0 atom stereocenters. The third-order valence-electron chi connectivity index (χ3n) is 2.49. The Hall–Kier alpha value is -1.97. The minimum absolute atomic E-state index is 0.234. The summed E-state index contributed by atoms with van der Waals surface area (Å²) in [6, 6.07) is 8.96. The molecule has 0 aliphatic carbocycles. The molecule has 0 spiro atoms. The Kier molecular flexibility index (Phi) is 3.04. The number of hydrogen-bond donors (Lipinski definition) is 0. The summed E-state index contributed by atoms with van der Waals surface area (Å²) in [4.78, 5) is 1.52. The Bertz CT molecular complexity index is 523. The lowest BCUT2D eigenvalue weighted by molar-refractivity contribution is 0.583. The third kappa shape index (κ3) is 2.41. The van der Waals surface area contributed by atoms with E-state index in [9.17, 15) is 13.2 Å². The van der Waals surface area contributed by atoms with Gasteiger partial charge in [0.1, 0.15) is 17.5 Å². The van der Waals surface area contributed by atoms with Crippen molar-refractivity contribution in [2.45, 2.75) is 0 Å². The van der Waals surface area contributed by atoms with Gasteiger partial charge in [0, 0.05) is 18.8 Å². The van der Waals surface area contributed by atoms with Crippen molar-refractivity contribution >= 4 is 11.4 Å². The summed E-state index contributed by atoms with van der Waals surface area (Å²) in [6.07, 6.45) is 0. The monoisotopic (exact) mass is 237 g/mol. The average molecular weight is 237 g/mol. The van der Waals surface area contributed by atoms with Crippen LogP contribution in [-0.2, 0) is 0 Å². The molecular formula is C13H10F3N. The van der Waals surface area contributed by atoms with Crippen LogP contribution in [0.15, 0.2) is 42.5 Å². The van der Waals surface area contributed by atoms with Gasteiger partial charge in [0.2, 0.25) is 0 Å². The number of hydrogen-bond acceptors (Lipinski definition) is 1. The van der Waals surface area contributed by atoms with Crippen molar-refractivity contribution in [1.29, 1.82) is 0 Å². The molecule has 0 saturated heterocycles. The summed E-state index contributed by atoms with van der Waals surface area (Å²) in [5, 5.41) is 0. The summed E-state index contributed by atoms with van der Waals surface area (Å²) in [5.74, 6) is -1.64. The molecule has 0 aliphatic heterocycles. The summed E-state index contributed by atoms with van der Waals surface area (Å²) in [5.41, 5.74) is 0.856. The predicted molar refractivity (Wildman–Crippen MR) is 60.8 cm³/mol. The van der Waals surface area contributed by atoms with Crippen molar-refractivity contribution in [3.63, 3.8) is 0 Å². The lowest BCUT2D eigenvalue weighted by atomic mass is 10.2. The van der Waals surface area contributed by atoms with Gasteiger partial charge in [-0.3, -0.25) is 0 Å². The van der Waals surface area contributed by atoms with Gasteiger partial charge in [-0.05, 0) is 36.4 Å². The molecule has 2 rings (SSSR count). The fourth-order valence-electron chi connectivity index (χ4n) is 1.56. The maximum absolute atomic E-state index is 13.5. The van der Waals surface area contributed by atoms with Gasteiger partial charge in [0.25, 0.3) is 0 Å². The Morgan fingerprint density at radius 3 is 2.00 bits per heavy atom. The van der Waals surface area contributed by atoms with Gasteiger partial charge in [-0.1, -0.05) is 0 Å². The van der Waals surface area contributed by atoms with Gasteiger partial charge >= 0.3 is 0 Å². The third-order valence-corrected chi connectivity index (χ3v) is 2.49. The van der Waals surface area contributed by atoms with E-state index < -0.39 is 11.6 Å². The van der Waals surface area contributed by atoms with E-state index in [-0.39, 0.29) is 11.5 Å². The first-order valence-electron chi connectivity index (χ1n) is 5.02. The lowest BCUT2D eigenvalue weighted by Gasteiger charge is -2.20. The number of rotatable bonds is 2. The molecule has 4 heteroatoms. The molecule has 0 radical (unpaired) electrons. The Morgan fingerprint density at radius 1 is 0.824 bits per heavy atom. The average Bonchev–Trinajstić information content (AvgIpc) is 2.29. The van der Waals surface area contributed by atoms with Crippen LogP contribution in [0.4, 0.5) is 24.5 Å². The Labute approximate surface area is 97.1 Å². The second-order valence-electron chi connectivity index (χ2n) is 3.63. The Balaban J connectivity index is 2.36. The molecule has 0 amide bonds. The molecule has 1 nitrogen and oxygen atoms in total. The lowest BCUT2D eigenvalue weighted by Crippen LogP contribution is -2.11.